The predicted octanol–water partition coefficient (Wildman–Crippen LogP) is 4.71. The van der Waals surface area contributed by atoms with Gasteiger partial charge in [0.25, 0.3) is 0 Å². The molecule has 0 saturated carbocycles. The van der Waals surface area contributed by atoms with Crippen LogP contribution in [-0.4, -0.2) is 27.8 Å². The Kier molecular flexibility index (Phi) is 6.65. The van der Waals surface area contributed by atoms with Crippen LogP contribution in [0.25, 0.3) is 10.8 Å². The lowest BCUT2D eigenvalue weighted by atomic mass is 10.1. The molecule has 0 spiro atoms. The molecule has 0 aliphatic rings. The highest BCUT2D eigenvalue weighted by molar-refractivity contribution is 7.98. The van der Waals surface area contributed by atoms with Gasteiger partial charge in [-0.25, -0.2) is 13.1 Å². The first-order valence-corrected chi connectivity index (χ1v) is 11.4. The summed E-state index contributed by atoms with van der Waals surface area (Å²) in [6.45, 7) is 0.359. The minimum Gasteiger partial charge on any atom is -0.497 e. The van der Waals surface area contributed by atoms with Gasteiger partial charge in [0.2, 0.25) is 10.0 Å². The molecule has 0 aromatic heterocycles. The number of hydrogen-bond donors (Lipinski definition) is 1. The molecule has 27 heavy (non-hydrogen) atoms. The van der Waals surface area contributed by atoms with E-state index in [0.717, 1.165) is 32.9 Å². The van der Waals surface area contributed by atoms with Crippen molar-refractivity contribution in [2.24, 2.45) is 0 Å². The van der Waals surface area contributed by atoms with Crippen LogP contribution in [0.3, 0.4) is 0 Å². The minimum atomic E-state index is -3.54. The zero-order valence-electron chi connectivity index (χ0n) is 14.8. The van der Waals surface area contributed by atoms with Crippen LogP contribution in [0, 0.1) is 0 Å². The molecule has 0 saturated heterocycles. The Morgan fingerprint density at radius 1 is 1.04 bits per heavy atom. The molecule has 3 aromatic rings. The van der Waals surface area contributed by atoms with Crippen molar-refractivity contribution in [2.75, 3.05) is 19.4 Å². The predicted molar refractivity (Wildman–Crippen MR) is 113 cm³/mol. The molecule has 0 aliphatic heterocycles. The fraction of sp³-hybridized carbons (Fsp3) is 0.200. The van der Waals surface area contributed by atoms with Gasteiger partial charge in [-0.2, -0.15) is 11.8 Å². The Morgan fingerprint density at radius 3 is 2.56 bits per heavy atom. The van der Waals surface area contributed by atoms with Crippen molar-refractivity contribution in [3.05, 3.63) is 71.2 Å². The van der Waals surface area contributed by atoms with Gasteiger partial charge in [0.1, 0.15) is 5.75 Å². The zero-order valence-corrected chi connectivity index (χ0v) is 17.2. The molecule has 7 heteroatoms. The van der Waals surface area contributed by atoms with E-state index in [9.17, 15) is 8.42 Å². The van der Waals surface area contributed by atoms with Gasteiger partial charge in [0.15, 0.2) is 0 Å². The van der Waals surface area contributed by atoms with Crippen molar-refractivity contribution >= 4 is 44.2 Å². The zero-order chi connectivity index (χ0) is 19.3. The number of ether oxygens (including phenoxy) is 1. The van der Waals surface area contributed by atoms with E-state index in [1.807, 2.05) is 42.5 Å². The number of methoxy groups -OCH3 is 1. The van der Waals surface area contributed by atoms with Crippen LogP contribution in [-0.2, 0) is 15.8 Å². The summed E-state index contributed by atoms with van der Waals surface area (Å²) in [4.78, 5) is 0.260. The molecule has 3 rings (SSSR count). The van der Waals surface area contributed by atoms with Gasteiger partial charge in [-0.3, -0.25) is 0 Å². The summed E-state index contributed by atoms with van der Waals surface area (Å²) in [5, 5.41) is 2.52. The van der Waals surface area contributed by atoms with E-state index in [2.05, 4.69) is 4.72 Å². The molecule has 4 nitrogen and oxygen atoms in total. The third-order valence-corrected chi connectivity index (χ3v) is 6.92. The lowest BCUT2D eigenvalue weighted by molar-refractivity contribution is 0.415. The van der Waals surface area contributed by atoms with Crippen molar-refractivity contribution in [1.82, 2.24) is 4.72 Å². The van der Waals surface area contributed by atoms with Crippen LogP contribution in [0.5, 0.6) is 5.75 Å². The average molecular weight is 422 g/mol. The van der Waals surface area contributed by atoms with Gasteiger partial charge in [0, 0.05) is 23.1 Å². The van der Waals surface area contributed by atoms with Crippen LogP contribution in [0.2, 0.25) is 5.02 Å². The molecule has 0 amide bonds. The molecule has 0 atom stereocenters. The maximum atomic E-state index is 12.5. The van der Waals surface area contributed by atoms with Crippen LogP contribution >= 0.6 is 23.4 Å². The molecular weight excluding hydrogens is 402 g/mol. The maximum Gasteiger partial charge on any atom is 0.240 e. The SMILES string of the molecule is COc1ccc2cc(S(=O)(=O)NCCSCc3ccccc3Cl)ccc2c1. The van der Waals surface area contributed by atoms with Gasteiger partial charge in [0.05, 0.1) is 12.0 Å². The van der Waals surface area contributed by atoms with Gasteiger partial charge < -0.3 is 4.74 Å². The van der Waals surface area contributed by atoms with E-state index in [1.54, 1.807) is 37.1 Å². The normalized spacial score (nSPS) is 11.6. The van der Waals surface area contributed by atoms with Gasteiger partial charge in [-0.1, -0.05) is 41.9 Å². The van der Waals surface area contributed by atoms with Gasteiger partial charge >= 0.3 is 0 Å². The van der Waals surface area contributed by atoms with E-state index < -0.39 is 10.0 Å². The van der Waals surface area contributed by atoms with Gasteiger partial charge in [-0.05, 0) is 46.7 Å². The number of halogens is 1. The van der Waals surface area contributed by atoms with Crippen molar-refractivity contribution < 1.29 is 13.2 Å². The summed E-state index contributed by atoms with van der Waals surface area (Å²) in [6.07, 6.45) is 0. The van der Waals surface area contributed by atoms with Crippen molar-refractivity contribution in [1.29, 1.82) is 0 Å². The molecule has 0 unspecified atom stereocenters. The van der Waals surface area contributed by atoms with Crippen LogP contribution in [0.1, 0.15) is 5.56 Å². The number of hydrogen-bond acceptors (Lipinski definition) is 4. The lowest BCUT2D eigenvalue weighted by Gasteiger charge is -2.09. The second-order valence-corrected chi connectivity index (χ2v) is 9.20. The Bertz CT molecular complexity index is 1040. The number of rotatable bonds is 8. The lowest BCUT2D eigenvalue weighted by Crippen LogP contribution is -2.26. The molecule has 3 aromatic carbocycles. The van der Waals surface area contributed by atoms with E-state index >= 15 is 0 Å². The third-order valence-electron chi connectivity index (χ3n) is 4.08. The van der Waals surface area contributed by atoms with Crippen LogP contribution in [0.4, 0.5) is 0 Å². The summed E-state index contributed by atoms with van der Waals surface area (Å²) >= 11 is 7.76. The first-order chi connectivity index (χ1) is 13.0. The largest absolute Gasteiger partial charge is 0.497 e. The number of benzene rings is 3. The Hall–Kier alpha value is -1.73. The Labute approximate surface area is 168 Å². The van der Waals surface area contributed by atoms with Crippen LogP contribution < -0.4 is 9.46 Å². The third kappa shape index (κ3) is 5.17. The second-order valence-electron chi connectivity index (χ2n) is 5.92. The average Bonchev–Trinajstić information content (AvgIpc) is 2.68. The van der Waals surface area contributed by atoms with E-state index in [-0.39, 0.29) is 4.90 Å². The molecule has 0 radical (unpaired) electrons. The molecule has 0 aliphatic carbocycles. The smallest absolute Gasteiger partial charge is 0.240 e. The topological polar surface area (TPSA) is 55.4 Å². The molecule has 1 N–H and O–H groups in total. The van der Waals surface area contributed by atoms with Crippen molar-refractivity contribution in [2.45, 2.75) is 10.6 Å². The Morgan fingerprint density at radius 2 is 1.78 bits per heavy atom. The first-order valence-electron chi connectivity index (χ1n) is 8.38. The first kappa shape index (κ1) is 20.0. The Balaban J connectivity index is 1.58. The molecule has 0 bridgehead atoms. The highest BCUT2D eigenvalue weighted by atomic mass is 35.5. The highest BCUT2D eigenvalue weighted by Gasteiger charge is 2.14. The fourth-order valence-corrected chi connectivity index (χ4v) is 4.97. The van der Waals surface area contributed by atoms with Crippen molar-refractivity contribution in [3.8, 4) is 5.75 Å². The van der Waals surface area contributed by atoms with Crippen molar-refractivity contribution in [3.63, 3.8) is 0 Å². The van der Waals surface area contributed by atoms with E-state index in [0.29, 0.717) is 12.3 Å². The number of sulfonamides is 1. The number of fused-ring (bicyclic) bond motifs is 1. The van der Waals surface area contributed by atoms with E-state index in [4.69, 9.17) is 16.3 Å². The molecule has 0 heterocycles. The summed E-state index contributed by atoms with van der Waals surface area (Å²) in [5.74, 6) is 2.15. The van der Waals surface area contributed by atoms with E-state index in [1.165, 1.54) is 0 Å². The molecule has 0 fully saturated rings. The van der Waals surface area contributed by atoms with Gasteiger partial charge in [-0.15, -0.1) is 0 Å². The molecular formula is C20H20ClNO3S2. The van der Waals surface area contributed by atoms with Crippen LogP contribution in [0.15, 0.2) is 65.6 Å². The highest BCUT2D eigenvalue weighted by Crippen LogP contribution is 2.24. The molecule has 142 valence electrons. The summed E-state index contributed by atoms with van der Waals surface area (Å²) in [7, 11) is -1.94. The standard InChI is InChI=1S/C20H20ClNO3S2/c1-25-18-8-6-16-13-19(9-7-15(16)12-18)27(23,24)22-10-11-26-14-17-4-2-3-5-20(17)21/h2-9,12-13,22H,10-11,14H2,1H3. The summed E-state index contributed by atoms with van der Waals surface area (Å²) < 4.78 is 32.9. The number of nitrogens with one attached hydrogen (secondary N) is 1. The number of thioether (sulfide) groups is 1. The second kappa shape index (κ2) is 8.97. The summed E-state index contributed by atoms with van der Waals surface area (Å²) in [5.41, 5.74) is 1.05. The summed E-state index contributed by atoms with van der Waals surface area (Å²) in [6, 6.07) is 18.3. The minimum absolute atomic E-state index is 0.260. The maximum absolute atomic E-state index is 12.5. The quantitative estimate of drug-likeness (QED) is 0.535. The fourth-order valence-electron chi connectivity index (χ4n) is 2.63. The monoisotopic (exact) mass is 421 g/mol.